The first-order chi connectivity index (χ1) is 11.4. The van der Waals surface area contributed by atoms with E-state index in [-0.39, 0.29) is 29.3 Å². The van der Waals surface area contributed by atoms with Gasteiger partial charge in [0.1, 0.15) is 0 Å². The molecule has 1 amide bonds. The molecule has 2 heterocycles. The third-order valence-corrected chi connectivity index (χ3v) is 5.31. The highest BCUT2D eigenvalue weighted by Crippen LogP contribution is 2.19. The molecule has 0 fully saturated rings. The summed E-state index contributed by atoms with van der Waals surface area (Å²) in [5, 5.41) is 13.2. The topological polar surface area (TPSA) is 104 Å². The monoisotopic (exact) mass is 384 g/mol. The minimum atomic E-state index is -3.22. The van der Waals surface area contributed by atoms with Gasteiger partial charge in [0.05, 0.1) is 10.9 Å². The maximum absolute atomic E-state index is 12.5. The second-order valence-corrected chi connectivity index (χ2v) is 8.01. The van der Waals surface area contributed by atoms with Gasteiger partial charge in [-0.3, -0.25) is 9.89 Å². The van der Waals surface area contributed by atoms with Crippen LogP contribution < -0.4 is 10.6 Å². The summed E-state index contributed by atoms with van der Waals surface area (Å²) in [4.78, 5) is 12.7. The second kappa shape index (κ2) is 7.55. The zero-order valence-electron chi connectivity index (χ0n) is 14.0. The van der Waals surface area contributed by atoms with Crippen molar-refractivity contribution in [3.05, 3.63) is 46.8 Å². The number of halogens is 1. The summed E-state index contributed by atoms with van der Waals surface area (Å²) in [7, 11) is -3.22. The number of hydrogen-bond donors (Lipinski definition) is 3. The second-order valence-electron chi connectivity index (χ2n) is 5.99. The predicted molar refractivity (Wildman–Crippen MR) is 96.7 cm³/mol. The van der Waals surface area contributed by atoms with E-state index in [4.69, 9.17) is 0 Å². The number of carbonyl (C=O) groups excluding carboxylic acids is 1. The van der Waals surface area contributed by atoms with Crippen LogP contribution in [0.25, 0.3) is 0 Å². The summed E-state index contributed by atoms with van der Waals surface area (Å²) in [5.74, 6) is -0.240. The summed E-state index contributed by atoms with van der Waals surface area (Å²) >= 11 is 0. The highest BCUT2D eigenvalue weighted by atomic mass is 35.5. The highest BCUT2D eigenvalue weighted by Gasteiger charge is 2.22. The number of carbonyl (C=O) groups is 1. The first-order valence-electron chi connectivity index (χ1n) is 7.74. The Morgan fingerprint density at radius 3 is 2.60 bits per heavy atom. The first-order valence-corrected chi connectivity index (χ1v) is 9.63. The van der Waals surface area contributed by atoms with E-state index >= 15 is 0 Å². The molecule has 1 atom stereocenters. The number of nitrogens with zero attached hydrogens (tertiary/aromatic N) is 1. The highest BCUT2D eigenvalue weighted by molar-refractivity contribution is 7.90. The van der Waals surface area contributed by atoms with Gasteiger partial charge in [-0.1, -0.05) is 12.1 Å². The van der Waals surface area contributed by atoms with Crippen molar-refractivity contribution in [2.45, 2.75) is 30.8 Å². The lowest BCUT2D eigenvalue weighted by atomic mass is 10.1. The van der Waals surface area contributed by atoms with Crippen molar-refractivity contribution in [3.8, 4) is 0 Å². The molecule has 0 spiro atoms. The van der Waals surface area contributed by atoms with E-state index in [2.05, 4.69) is 20.8 Å². The Bertz CT molecular complexity index is 862. The molecule has 3 rings (SSSR count). The molecule has 136 valence electrons. The van der Waals surface area contributed by atoms with Crippen LogP contribution in [0.3, 0.4) is 0 Å². The molecular formula is C16H21ClN4O3S. The van der Waals surface area contributed by atoms with Crippen LogP contribution in [0.4, 0.5) is 0 Å². The van der Waals surface area contributed by atoms with Gasteiger partial charge in [0.15, 0.2) is 15.5 Å². The van der Waals surface area contributed by atoms with E-state index in [0.717, 1.165) is 29.8 Å². The average molecular weight is 385 g/mol. The molecule has 7 nitrogen and oxygen atoms in total. The number of benzene rings is 1. The van der Waals surface area contributed by atoms with Crippen LogP contribution in [0.2, 0.25) is 0 Å². The summed E-state index contributed by atoms with van der Waals surface area (Å²) < 4.78 is 23.0. The van der Waals surface area contributed by atoms with Crippen molar-refractivity contribution in [3.63, 3.8) is 0 Å². The normalized spacial score (nSPS) is 15.0. The fourth-order valence-electron chi connectivity index (χ4n) is 2.77. The van der Waals surface area contributed by atoms with E-state index in [1.807, 2.05) is 6.92 Å². The molecule has 0 bridgehead atoms. The number of fused-ring (bicyclic) bond motifs is 1. The van der Waals surface area contributed by atoms with Crippen LogP contribution in [0, 0.1) is 0 Å². The molecule has 0 saturated carbocycles. The average Bonchev–Trinajstić information content (AvgIpc) is 2.98. The van der Waals surface area contributed by atoms with Crippen molar-refractivity contribution >= 4 is 28.2 Å². The third kappa shape index (κ3) is 4.20. The molecule has 1 aromatic carbocycles. The van der Waals surface area contributed by atoms with E-state index in [1.165, 1.54) is 6.26 Å². The molecule has 2 aromatic rings. The van der Waals surface area contributed by atoms with Gasteiger partial charge in [-0.15, -0.1) is 12.4 Å². The van der Waals surface area contributed by atoms with Crippen molar-refractivity contribution < 1.29 is 13.2 Å². The maximum atomic E-state index is 12.5. The molecule has 0 radical (unpaired) electrons. The minimum absolute atomic E-state index is 0. The number of nitrogens with one attached hydrogen (secondary N) is 3. The molecule has 1 aliphatic heterocycles. The van der Waals surface area contributed by atoms with Crippen LogP contribution in [-0.2, 0) is 22.8 Å². The number of aromatic nitrogens is 2. The molecule has 0 saturated heterocycles. The fraction of sp³-hybridized carbons (Fsp3) is 0.375. The Labute approximate surface area is 152 Å². The largest absolute Gasteiger partial charge is 0.344 e. The number of rotatable bonds is 4. The number of hydrogen-bond acceptors (Lipinski definition) is 5. The Hall–Kier alpha value is -1.90. The van der Waals surface area contributed by atoms with Crippen LogP contribution in [-0.4, -0.2) is 37.3 Å². The van der Waals surface area contributed by atoms with Gasteiger partial charge >= 0.3 is 0 Å². The summed E-state index contributed by atoms with van der Waals surface area (Å²) in [6, 6.07) is 6.27. The standard InChI is InChI=1S/C16H20N4O3S.ClH/c1-10(11-3-5-12(6-4-11)24(2,22)23)18-16(21)15-13-9-17-8-7-14(13)19-20-15;/h3-6,10,17H,7-9H2,1-2H3,(H,18,21)(H,19,20);1H. The summed E-state index contributed by atoms with van der Waals surface area (Å²) in [5.41, 5.74) is 3.16. The lowest BCUT2D eigenvalue weighted by Gasteiger charge is -2.16. The van der Waals surface area contributed by atoms with Gasteiger partial charge in [-0.25, -0.2) is 8.42 Å². The Kier molecular flexibility index (Phi) is 5.87. The SMILES string of the molecule is CC(NC(=O)c1n[nH]c2c1CNCC2)c1ccc(S(C)(=O)=O)cc1.Cl. The Morgan fingerprint density at radius 2 is 1.96 bits per heavy atom. The van der Waals surface area contributed by atoms with Crippen LogP contribution in [0.5, 0.6) is 0 Å². The summed E-state index contributed by atoms with van der Waals surface area (Å²) in [6.45, 7) is 3.36. The van der Waals surface area contributed by atoms with Crippen LogP contribution in [0.1, 0.15) is 40.3 Å². The molecular weight excluding hydrogens is 364 g/mol. The summed E-state index contributed by atoms with van der Waals surface area (Å²) in [6.07, 6.45) is 2.00. The van der Waals surface area contributed by atoms with E-state index < -0.39 is 9.84 Å². The van der Waals surface area contributed by atoms with Crippen molar-refractivity contribution in [2.24, 2.45) is 0 Å². The van der Waals surface area contributed by atoms with Crippen LogP contribution >= 0.6 is 12.4 Å². The van der Waals surface area contributed by atoms with Gasteiger partial charge in [-0.2, -0.15) is 5.10 Å². The zero-order chi connectivity index (χ0) is 17.3. The molecule has 1 aromatic heterocycles. The molecule has 9 heteroatoms. The maximum Gasteiger partial charge on any atom is 0.272 e. The van der Waals surface area contributed by atoms with Gasteiger partial charge in [-0.05, 0) is 24.6 Å². The lowest BCUT2D eigenvalue weighted by molar-refractivity contribution is 0.0933. The third-order valence-electron chi connectivity index (χ3n) is 4.18. The van der Waals surface area contributed by atoms with Gasteiger partial charge in [0, 0.05) is 37.0 Å². The first kappa shape index (κ1) is 19.4. The molecule has 1 aliphatic rings. The molecule has 25 heavy (non-hydrogen) atoms. The smallest absolute Gasteiger partial charge is 0.272 e. The van der Waals surface area contributed by atoms with Crippen molar-refractivity contribution in [1.82, 2.24) is 20.8 Å². The van der Waals surface area contributed by atoms with E-state index in [9.17, 15) is 13.2 Å². The van der Waals surface area contributed by atoms with Crippen LogP contribution in [0.15, 0.2) is 29.2 Å². The van der Waals surface area contributed by atoms with Gasteiger partial charge in [0.2, 0.25) is 0 Å². The molecule has 1 unspecified atom stereocenters. The van der Waals surface area contributed by atoms with E-state index in [0.29, 0.717) is 12.2 Å². The number of amides is 1. The molecule has 3 N–H and O–H groups in total. The van der Waals surface area contributed by atoms with Crippen molar-refractivity contribution in [1.29, 1.82) is 0 Å². The fourth-order valence-corrected chi connectivity index (χ4v) is 3.40. The van der Waals surface area contributed by atoms with Gasteiger partial charge < -0.3 is 10.6 Å². The number of sulfone groups is 1. The van der Waals surface area contributed by atoms with Crippen molar-refractivity contribution in [2.75, 3.05) is 12.8 Å². The quantitative estimate of drug-likeness (QED) is 0.738. The molecule has 0 aliphatic carbocycles. The number of H-pyrrole nitrogens is 1. The number of aromatic amines is 1. The van der Waals surface area contributed by atoms with E-state index in [1.54, 1.807) is 24.3 Å². The minimum Gasteiger partial charge on any atom is -0.344 e. The van der Waals surface area contributed by atoms with Gasteiger partial charge in [0.25, 0.3) is 5.91 Å². The lowest BCUT2D eigenvalue weighted by Crippen LogP contribution is -2.30. The zero-order valence-corrected chi connectivity index (χ0v) is 15.6. The Balaban J connectivity index is 0.00000225. The predicted octanol–water partition coefficient (Wildman–Crippen LogP) is 1.37. The Morgan fingerprint density at radius 1 is 1.28 bits per heavy atom.